The zero-order valence-electron chi connectivity index (χ0n) is 16.7. The molecule has 1 heterocycles. The third kappa shape index (κ3) is 4.40. The third-order valence-corrected chi connectivity index (χ3v) is 5.12. The van der Waals surface area contributed by atoms with Crippen molar-refractivity contribution in [3.05, 3.63) is 50.9 Å². The maximum atomic E-state index is 12.8. The van der Waals surface area contributed by atoms with Crippen molar-refractivity contribution in [3.63, 3.8) is 0 Å². The van der Waals surface area contributed by atoms with Gasteiger partial charge in [-0.25, -0.2) is 19.1 Å². The van der Waals surface area contributed by atoms with Crippen LogP contribution in [0, 0.1) is 0 Å². The molecule has 11 heteroatoms. The Morgan fingerprint density at radius 1 is 1.10 bits per heavy atom. The van der Waals surface area contributed by atoms with Crippen molar-refractivity contribution in [2.75, 3.05) is 13.2 Å². The fourth-order valence-electron chi connectivity index (χ4n) is 2.98. The van der Waals surface area contributed by atoms with Crippen molar-refractivity contribution in [1.29, 1.82) is 0 Å². The van der Waals surface area contributed by atoms with E-state index in [0.29, 0.717) is 5.69 Å². The molecule has 1 aromatic heterocycles. The van der Waals surface area contributed by atoms with E-state index in [1.807, 2.05) is 5.32 Å². The summed E-state index contributed by atoms with van der Waals surface area (Å²) < 4.78 is 12.8. The number of hydrogen-bond acceptors (Lipinski definition) is 6. The fraction of sp³-hybridized carbons (Fsp3) is 0.368. The van der Waals surface area contributed by atoms with Crippen molar-refractivity contribution in [1.82, 2.24) is 14.7 Å². The summed E-state index contributed by atoms with van der Waals surface area (Å²) in [6.07, 6.45) is -2.14. The zero-order chi connectivity index (χ0) is 22.5. The second kappa shape index (κ2) is 9.61. The van der Waals surface area contributed by atoms with E-state index in [4.69, 9.17) is 9.47 Å². The Bertz CT molecular complexity index is 980. The zero-order valence-corrected chi connectivity index (χ0v) is 18.3. The molecule has 0 bridgehead atoms. The molecule has 0 saturated carbocycles. The van der Waals surface area contributed by atoms with Crippen molar-refractivity contribution < 1.29 is 29.0 Å². The summed E-state index contributed by atoms with van der Waals surface area (Å²) in [5, 5.41) is 11.3. The number of nitrogens with one attached hydrogen (secondary N) is 1. The summed E-state index contributed by atoms with van der Waals surface area (Å²) >= 11 is 3.21. The number of carbonyl (C=O) groups excluding carboxylic acids is 2. The molecule has 1 amide bonds. The van der Waals surface area contributed by atoms with Crippen LogP contribution in [0.15, 0.2) is 39.6 Å². The van der Waals surface area contributed by atoms with Crippen LogP contribution in [0.3, 0.4) is 0 Å². The Balaban J connectivity index is 2.68. The van der Waals surface area contributed by atoms with Crippen LogP contribution < -0.4 is 10.9 Å². The number of hydrogen-bond donors (Lipinski definition) is 2. The minimum absolute atomic E-state index is 0.0685. The predicted octanol–water partition coefficient (Wildman–Crippen LogP) is 1.61. The van der Waals surface area contributed by atoms with Crippen LogP contribution in [-0.2, 0) is 32.5 Å². The lowest BCUT2D eigenvalue weighted by Gasteiger charge is -2.29. The molecule has 0 saturated heterocycles. The lowest BCUT2D eigenvalue weighted by molar-refractivity contribution is -0.166. The van der Waals surface area contributed by atoms with Gasteiger partial charge in [0, 0.05) is 13.5 Å². The van der Waals surface area contributed by atoms with Crippen molar-refractivity contribution in [2.45, 2.75) is 25.8 Å². The van der Waals surface area contributed by atoms with E-state index in [-0.39, 0.29) is 23.4 Å². The van der Waals surface area contributed by atoms with E-state index in [1.165, 1.54) is 23.2 Å². The van der Waals surface area contributed by atoms with E-state index in [1.54, 1.807) is 37.4 Å². The van der Waals surface area contributed by atoms with E-state index in [2.05, 4.69) is 15.9 Å². The number of aromatic nitrogens is 2. The van der Waals surface area contributed by atoms with Gasteiger partial charge in [0.15, 0.2) is 0 Å². The van der Waals surface area contributed by atoms with Gasteiger partial charge in [0.25, 0.3) is 5.56 Å². The highest BCUT2D eigenvalue weighted by atomic mass is 79.9. The molecule has 0 aliphatic carbocycles. The molecule has 2 rings (SSSR count). The number of benzene rings is 1. The molecule has 0 aliphatic rings. The molecule has 0 unspecified atom stereocenters. The van der Waals surface area contributed by atoms with Crippen molar-refractivity contribution in [2.24, 2.45) is 7.05 Å². The highest BCUT2D eigenvalue weighted by Gasteiger charge is 2.52. The van der Waals surface area contributed by atoms with Gasteiger partial charge in [0.1, 0.15) is 4.47 Å². The number of carbonyl (C=O) groups is 3. The molecule has 0 spiro atoms. The SMILES string of the molecule is CCOC(=O)C(Cc1c(Br)c(=O)n(-c2ccccc2)n1C)(NC(=O)O)C(=O)OCC. The Morgan fingerprint density at radius 2 is 1.63 bits per heavy atom. The largest absolute Gasteiger partial charge is 0.465 e. The number of halogens is 1. The fourth-order valence-corrected chi connectivity index (χ4v) is 3.55. The number of nitrogens with zero attached hydrogens (tertiary/aromatic N) is 2. The first-order valence-electron chi connectivity index (χ1n) is 9.06. The van der Waals surface area contributed by atoms with Crippen LogP contribution in [0.5, 0.6) is 0 Å². The maximum Gasteiger partial charge on any atom is 0.406 e. The topological polar surface area (TPSA) is 129 Å². The number of esters is 2. The minimum atomic E-state index is -2.40. The summed E-state index contributed by atoms with van der Waals surface area (Å²) in [6, 6.07) is 8.69. The van der Waals surface area contributed by atoms with Crippen LogP contribution >= 0.6 is 15.9 Å². The highest BCUT2D eigenvalue weighted by Crippen LogP contribution is 2.24. The predicted molar refractivity (Wildman–Crippen MR) is 110 cm³/mol. The summed E-state index contributed by atoms with van der Waals surface area (Å²) in [6.45, 7) is 2.86. The van der Waals surface area contributed by atoms with Crippen molar-refractivity contribution in [3.8, 4) is 5.69 Å². The number of rotatable bonds is 8. The first kappa shape index (κ1) is 23.2. The Hall–Kier alpha value is -3.08. The minimum Gasteiger partial charge on any atom is -0.465 e. The highest BCUT2D eigenvalue weighted by molar-refractivity contribution is 9.10. The van der Waals surface area contributed by atoms with Crippen LogP contribution in [-0.4, -0.2) is 51.3 Å². The Morgan fingerprint density at radius 3 is 2.10 bits per heavy atom. The van der Waals surface area contributed by atoms with Gasteiger partial charge in [-0.1, -0.05) is 18.2 Å². The first-order chi connectivity index (χ1) is 14.2. The van der Waals surface area contributed by atoms with Gasteiger partial charge in [-0.15, -0.1) is 0 Å². The standard InChI is InChI=1S/C19H22BrN3O7/c1-4-29-16(25)19(21-18(27)28,17(26)30-5-2)11-13-14(20)15(24)23(22(13)3)12-9-7-6-8-10-12/h6-10,21H,4-5,11H2,1-3H3,(H,27,28). The number of para-hydroxylation sites is 1. The lowest BCUT2D eigenvalue weighted by atomic mass is 9.93. The molecule has 2 aromatic rings. The van der Waals surface area contributed by atoms with E-state index in [9.17, 15) is 24.3 Å². The van der Waals surface area contributed by atoms with Gasteiger partial charge >= 0.3 is 18.0 Å². The molecule has 1 aromatic carbocycles. The van der Waals surface area contributed by atoms with E-state index < -0.39 is 35.6 Å². The summed E-state index contributed by atoms with van der Waals surface area (Å²) in [5.74, 6) is -2.25. The van der Waals surface area contributed by atoms with Crippen LogP contribution in [0.2, 0.25) is 0 Å². The quantitative estimate of drug-likeness (QED) is 0.430. The molecular formula is C19H22BrN3O7. The monoisotopic (exact) mass is 483 g/mol. The second-order valence-electron chi connectivity index (χ2n) is 6.19. The molecule has 2 N–H and O–H groups in total. The van der Waals surface area contributed by atoms with Gasteiger partial charge in [-0.3, -0.25) is 14.8 Å². The van der Waals surface area contributed by atoms with Gasteiger partial charge < -0.3 is 14.6 Å². The Labute approximate surface area is 180 Å². The molecule has 0 radical (unpaired) electrons. The lowest BCUT2D eigenvalue weighted by Crippen LogP contribution is -2.63. The summed E-state index contributed by atoms with van der Waals surface area (Å²) in [7, 11) is 1.55. The van der Waals surface area contributed by atoms with E-state index in [0.717, 1.165) is 0 Å². The summed E-state index contributed by atoms with van der Waals surface area (Å²) in [5.41, 5.74) is -2.11. The first-order valence-corrected chi connectivity index (χ1v) is 9.86. The average molecular weight is 484 g/mol. The third-order valence-electron chi connectivity index (χ3n) is 4.33. The smallest absolute Gasteiger partial charge is 0.406 e. The van der Waals surface area contributed by atoms with Crippen LogP contribution in [0.1, 0.15) is 19.5 Å². The maximum absolute atomic E-state index is 12.8. The van der Waals surface area contributed by atoms with Gasteiger partial charge in [-0.05, 0) is 41.9 Å². The molecule has 30 heavy (non-hydrogen) atoms. The second-order valence-corrected chi connectivity index (χ2v) is 6.98. The molecule has 10 nitrogen and oxygen atoms in total. The van der Waals surface area contributed by atoms with Gasteiger partial charge in [-0.2, -0.15) is 0 Å². The number of carboxylic acid groups (broad SMARTS) is 1. The number of ether oxygens (including phenoxy) is 2. The van der Waals surface area contributed by atoms with Gasteiger partial charge in [0.05, 0.1) is 24.6 Å². The molecule has 0 atom stereocenters. The van der Waals surface area contributed by atoms with Gasteiger partial charge in [0.2, 0.25) is 5.54 Å². The average Bonchev–Trinajstić information content (AvgIpc) is 2.91. The normalized spacial score (nSPS) is 11.1. The number of amides is 1. The molecule has 0 aliphatic heterocycles. The van der Waals surface area contributed by atoms with Crippen molar-refractivity contribution >= 4 is 34.0 Å². The van der Waals surface area contributed by atoms with Crippen LogP contribution in [0.25, 0.3) is 5.69 Å². The van der Waals surface area contributed by atoms with Crippen LogP contribution in [0.4, 0.5) is 4.79 Å². The Kier molecular flexibility index (Phi) is 7.43. The molecular weight excluding hydrogens is 462 g/mol. The molecule has 0 fully saturated rings. The van der Waals surface area contributed by atoms with E-state index >= 15 is 0 Å². The summed E-state index contributed by atoms with van der Waals surface area (Å²) in [4.78, 5) is 49.8. The molecule has 162 valence electrons.